The lowest BCUT2D eigenvalue weighted by Crippen LogP contribution is -2.45. The van der Waals surface area contributed by atoms with Gasteiger partial charge in [0.05, 0.1) is 5.60 Å². The SMILES string of the molecule is CCCCCCCCCC1(O)CCCNC1. The fourth-order valence-corrected chi connectivity index (χ4v) is 2.58. The molecule has 1 aliphatic heterocycles. The molecule has 1 atom stereocenters. The zero-order chi connectivity index (χ0) is 11.7. The first-order valence-electron chi connectivity index (χ1n) is 7.20. The molecule has 2 nitrogen and oxygen atoms in total. The molecule has 1 rings (SSSR count). The van der Waals surface area contributed by atoms with Gasteiger partial charge in [0, 0.05) is 6.54 Å². The topological polar surface area (TPSA) is 32.3 Å². The lowest BCUT2D eigenvalue weighted by molar-refractivity contribution is 0.00632. The maximum atomic E-state index is 10.2. The van der Waals surface area contributed by atoms with E-state index in [0.29, 0.717) is 0 Å². The Hall–Kier alpha value is -0.0800. The van der Waals surface area contributed by atoms with Crippen LogP contribution in [0.25, 0.3) is 0 Å². The standard InChI is InChI=1S/C14H29NO/c1-2-3-4-5-6-7-8-10-14(16)11-9-12-15-13-14/h15-16H,2-13H2,1H3. The summed E-state index contributed by atoms with van der Waals surface area (Å²) in [6, 6.07) is 0. The minimum atomic E-state index is -0.387. The quantitative estimate of drug-likeness (QED) is 0.624. The molecule has 0 aromatic carbocycles. The number of unbranched alkanes of at least 4 members (excludes halogenated alkanes) is 6. The van der Waals surface area contributed by atoms with E-state index in [2.05, 4.69) is 12.2 Å². The van der Waals surface area contributed by atoms with Gasteiger partial charge >= 0.3 is 0 Å². The van der Waals surface area contributed by atoms with E-state index in [-0.39, 0.29) is 5.60 Å². The van der Waals surface area contributed by atoms with Crippen LogP contribution < -0.4 is 5.32 Å². The second-order valence-electron chi connectivity index (χ2n) is 5.38. The molecule has 1 aliphatic rings. The van der Waals surface area contributed by atoms with Crippen molar-refractivity contribution >= 4 is 0 Å². The second kappa shape index (κ2) is 8.08. The highest BCUT2D eigenvalue weighted by atomic mass is 16.3. The maximum Gasteiger partial charge on any atom is 0.0772 e. The smallest absolute Gasteiger partial charge is 0.0772 e. The average molecular weight is 227 g/mol. The van der Waals surface area contributed by atoms with Gasteiger partial charge in [0.15, 0.2) is 0 Å². The van der Waals surface area contributed by atoms with Crippen molar-refractivity contribution < 1.29 is 5.11 Å². The second-order valence-corrected chi connectivity index (χ2v) is 5.38. The zero-order valence-corrected chi connectivity index (χ0v) is 10.9. The Kier molecular flexibility index (Phi) is 7.06. The lowest BCUT2D eigenvalue weighted by Gasteiger charge is -2.32. The molecule has 1 heterocycles. The molecule has 0 radical (unpaired) electrons. The van der Waals surface area contributed by atoms with Gasteiger partial charge in [0.1, 0.15) is 0 Å². The number of piperidine rings is 1. The molecule has 96 valence electrons. The van der Waals surface area contributed by atoms with E-state index in [9.17, 15) is 5.11 Å². The third kappa shape index (κ3) is 5.86. The van der Waals surface area contributed by atoms with Gasteiger partial charge in [-0.3, -0.25) is 0 Å². The highest BCUT2D eigenvalue weighted by Gasteiger charge is 2.27. The summed E-state index contributed by atoms with van der Waals surface area (Å²) < 4.78 is 0. The van der Waals surface area contributed by atoms with Crippen LogP contribution in [-0.4, -0.2) is 23.8 Å². The van der Waals surface area contributed by atoms with E-state index < -0.39 is 0 Å². The Morgan fingerprint density at radius 2 is 1.75 bits per heavy atom. The third-order valence-corrected chi connectivity index (χ3v) is 3.70. The first-order valence-corrected chi connectivity index (χ1v) is 7.20. The number of rotatable bonds is 8. The Bertz CT molecular complexity index is 164. The van der Waals surface area contributed by atoms with Gasteiger partial charge in [0.25, 0.3) is 0 Å². The van der Waals surface area contributed by atoms with Gasteiger partial charge in [0.2, 0.25) is 0 Å². The monoisotopic (exact) mass is 227 g/mol. The van der Waals surface area contributed by atoms with Gasteiger partial charge < -0.3 is 10.4 Å². The molecule has 0 saturated carbocycles. The minimum absolute atomic E-state index is 0.387. The molecule has 2 heteroatoms. The van der Waals surface area contributed by atoms with E-state index in [1.165, 1.54) is 44.9 Å². The van der Waals surface area contributed by atoms with Crippen LogP contribution in [0.2, 0.25) is 0 Å². The molecule has 1 saturated heterocycles. The van der Waals surface area contributed by atoms with Crippen molar-refractivity contribution in [2.45, 2.75) is 76.7 Å². The largest absolute Gasteiger partial charge is 0.389 e. The van der Waals surface area contributed by atoms with E-state index in [0.717, 1.165) is 32.4 Å². The molecule has 1 fully saturated rings. The summed E-state index contributed by atoms with van der Waals surface area (Å²) in [5, 5.41) is 13.5. The number of aliphatic hydroxyl groups is 1. The van der Waals surface area contributed by atoms with Crippen molar-refractivity contribution in [1.82, 2.24) is 5.32 Å². The maximum absolute atomic E-state index is 10.2. The number of nitrogens with one attached hydrogen (secondary N) is 1. The highest BCUT2D eigenvalue weighted by Crippen LogP contribution is 2.23. The summed E-state index contributed by atoms with van der Waals surface area (Å²) in [6.07, 6.45) is 12.4. The van der Waals surface area contributed by atoms with E-state index in [4.69, 9.17) is 0 Å². The van der Waals surface area contributed by atoms with Crippen LogP contribution in [0.5, 0.6) is 0 Å². The Morgan fingerprint density at radius 3 is 2.38 bits per heavy atom. The van der Waals surface area contributed by atoms with E-state index >= 15 is 0 Å². The predicted octanol–water partition coefficient (Wildman–Crippen LogP) is 3.24. The average Bonchev–Trinajstić information content (AvgIpc) is 2.29. The van der Waals surface area contributed by atoms with Crippen molar-refractivity contribution in [1.29, 1.82) is 0 Å². The van der Waals surface area contributed by atoms with Gasteiger partial charge in [-0.25, -0.2) is 0 Å². The van der Waals surface area contributed by atoms with Crippen LogP contribution in [0, 0.1) is 0 Å². The van der Waals surface area contributed by atoms with Gasteiger partial charge in [-0.15, -0.1) is 0 Å². The van der Waals surface area contributed by atoms with Crippen molar-refractivity contribution in [3.8, 4) is 0 Å². The summed E-state index contributed by atoms with van der Waals surface area (Å²) in [6.45, 7) is 4.15. The molecule has 0 aliphatic carbocycles. The number of hydrogen-bond donors (Lipinski definition) is 2. The van der Waals surface area contributed by atoms with Crippen LogP contribution in [0.15, 0.2) is 0 Å². The fourth-order valence-electron chi connectivity index (χ4n) is 2.58. The molecule has 0 spiro atoms. The summed E-state index contributed by atoms with van der Waals surface area (Å²) in [4.78, 5) is 0. The highest BCUT2D eigenvalue weighted by molar-refractivity contribution is 4.84. The summed E-state index contributed by atoms with van der Waals surface area (Å²) in [5.41, 5.74) is -0.387. The summed E-state index contributed by atoms with van der Waals surface area (Å²) in [5.74, 6) is 0. The summed E-state index contributed by atoms with van der Waals surface area (Å²) >= 11 is 0. The third-order valence-electron chi connectivity index (χ3n) is 3.70. The lowest BCUT2D eigenvalue weighted by atomic mass is 9.88. The van der Waals surface area contributed by atoms with Crippen LogP contribution in [-0.2, 0) is 0 Å². The Balaban J connectivity index is 1.93. The van der Waals surface area contributed by atoms with Crippen molar-refractivity contribution in [2.75, 3.05) is 13.1 Å². The number of hydrogen-bond acceptors (Lipinski definition) is 2. The molecule has 2 N–H and O–H groups in total. The zero-order valence-electron chi connectivity index (χ0n) is 10.9. The normalized spacial score (nSPS) is 25.9. The van der Waals surface area contributed by atoms with Crippen molar-refractivity contribution in [2.24, 2.45) is 0 Å². The van der Waals surface area contributed by atoms with Crippen LogP contribution in [0.1, 0.15) is 71.1 Å². The van der Waals surface area contributed by atoms with Crippen LogP contribution >= 0.6 is 0 Å². The van der Waals surface area contributed by atoms with E-state index in [1.807, 2.05) is 0 Å². The molecule has 0 aromatic rings. The fraction of sp³-hybridized carbons (Fsp3) is 1.00. The first kappa shape index (κ1) is 14.0. The summed E-state index contributed by atoms with van der Waals surface area (Å²) in [7, 11) is 0. The predicted molar refractivity (Wildman–Crippen MR) is 69.7 cm³/mol. The molecule has 1 unspecified atom stereocenters. The van der Waals surface area contributed by atoms with Crippen molar-refractivity contribution in [3.63, 3.8) is 0 Å². The van der Waals surface area contributed by atoms with Gasteiger partial charge in [-0.1, -0.05) is 51.9 Å². The Labute approximate surface area is 101 Å². The van der Waals surface area contributed by atoms with Crippen LogP contribution in [0.3, 0.4) is 0 Å². The first-order chi connectivity index (χ1) is 7.77. The molecular weight excluding hydrogens is 198 g/mol. The number of β-amino-alcohol motifs (C(OH)–C–C–N with tert-alkyl or cyclic N) is 1. The Morgan fingerprint density at radius 1 is 1.06 bits per heavy atom. The molecule has 0 bridgehead atoms. The van der Waals surface area contributed by atoms with Gasteiger partial charge in [-0.2, -0.15) is 0 Å². The van der Waals surface area contributed by atoms with Crippen LogP contribution in [0.4, 0.5) is 0 Å². The molecular formula is C14H29NO. The molecule has 0 aromatic heterocycles. The minimum Gasteiger partial charge on any atom is -0.389 e. The van der Waals surface area contributed by atoms with E-state index in [1.54, 1.807) is 0 Å². The van der Waals surface area contributed by atoms with Crippen molar-refractivity contribution in [3.05, 3.63) is 0 Å². The molecule has 16 heavy (non-hydrogen) atoms. The molecule has 0 amide bonds. The van der Waals surface area contributed by atoms with Gasteiger partial charge in [-0.05, 0) is 25.8 Å².